The maximum atomic E-state index is 11.4. The number of hydrogen-bond acceptors (Lipinski definition) is 4. The predicted molar refractivity (Wildman–Crippen MR) is 55.9 cm³/mol. The molecule has 1 aliphatic heterocycles. The molecule has 0 radical (unpaired) electrons. The molecule has 122 valence electrons. The molecule has 2 N–H and O–H groups in total. The minimum atomic E-state index is -5.33. The van der Waals surface area contributed by atoms with Gasteiger partial charge < -0.3 is 10.2 Å². The van der Waals surface area contributed by atoms with Crippen molar-refractivity contribution in [2.24, 2.45) is 0 Å². The van der Waals surface area contributed by atoms with Gasteiger partial charge in [0, 0.05) is 0 Å². The first-order chi connectivity index (χ1) is 8.91. The number of phosphoric acid groups is 1. The summed E-state index contributed by atoms with van der Waals surface area (Å²) >= 11 is 0. The van der Waals surface area contributed by atoms with Crippen LogP contribution < -0.4 is 5.32 Å². The van der Waals surface area contributed by atoms with Crippen LogP contribution in [0.3, 0.4) is 0 Å². The van der Waals surface area contributed by atoms with Gasteiger partial charge in [-0.1, -0.05) is 0 Å². The zero-order valence-electron chi connectivity index (χ0n) is 10.1. The van der Waals surface area contributed by atoms with Crippen molar-refractivity contribution >= 4 is 7.82 Å². The summed E-state index contributed by atoms with van der Waals surface area (Å²) in [5.41, 5.74) is 0. The van der Waals surface area contributed by atoms with Gasteiger partial charge in [0.25, 0.3) is 0 Å². The second-order valence-electron chi connectivity index (χ2n) is 3.70. The van der Waals surface area contributed by atoms with E-state index in [1.165, 1.54) is 25.9 Å². The molecule has 0 aromatic rings. The zero-order chi connectivity index (χ0) is 15.9. The highest BCUT2D eigenvalue weighted by Gasteiger charge is 2.37. The highest BCUT2D eigenvalue weighted by Crippen LogP contribution is 2.45. The summed E-state index contributed by atoms with van der Waals surface area (Å²) in [6.45, 7) is -1.84. The van der Waals surface area contributed by atoms with Crippen LogP contribution >= 0.6 is 7.82 Å². The highest BCUT2D eigenvalue weighted by molar-refractivity contribution is 7.47. The van der Waals surface area contributed by atoms with Crippen molar-refractivity contribution in [1.29, 1.82) is 0 Å². The molecule has 1 aliphatic rings. The lowest BCUT2D eigenvalue weighted by Crippen LogP contribution is -2.19. The molecule has 0 saturated carbocycles. The van der Waals surface area contributed by atoms with E-state index in [0.717, 1.165) is 0 Å². The van der Waals surface area contributed by atoms with Gasteiger partial charge in [-0.25, -0.2) is 4.57 Å². The number of phosphoric ester groups is 1. The third kappa shape index (κ3) is 14.1. The summed E-state index contributed by atoms with van der Waals surface area (Å²) in [5.74, 6) is 0. The van der Waals surface area contributed by atoms with Crippen molar-refractivity contribution < 1.29 is 44.8 Å². The van der Waals surface area contributed by atoms with Crippen LogP contribution in [0.5, 0.6) is 0 Å². The van der Waals surface area contributed by atoms with Gasteiger partial charge >= 0.3 is 20.2 Å². The Kier molecular flexibility index (Phi) is 8.04. The number of nitrogens with one attached hydrogen (secondary N) is 1. The Morgan fingerprint density at radius 2 is 1.30 bits per heavy atom. The van der Waals surface area contributed by atoms with Gasteiger partial charge in [0.2, 0.25) is 0 Å². The molecule has 12 heteroatoms. The van der Waals surface area contributed by atoms with Crippen LogP contribution in [0.25, 0.3) is 0 Å². The Hall–Kier alpha value is -0.350. The monoisotopic (exact) mass is 333 g/mol. The molecule has 20 heavy (non-hydrogen) atoms. The van der Waals surface area contributed by atoms with Gasteiger partial charge in [-0.05, 0) is 25.9 Å². The lowest BCUT2D eigenvalue weighted by Gasteiger charge is -2.14. The molecule has 0 atom stereocenters. The first-order valence-corrected chi connectivity index (χ1v) is 6.87. The van der Waals surface area contributed by atoms with Gasteiger partial charge in [0.05, 0.1) is 0 Å². The lowest BCUT2D eigenvalue weighted by molar-refractivity contribution is -0.169. The molecule has 0 unspecified atom stereocenters. The minimum absolute atomic E-state index is 1.25. The van der Waals surface area contributed by atoms with Crippen molar-refractivity contribution in [3.63, 3.8) is 0 Å². The van der Waals surface area contributed by atoms with Gasteiger partial charge in [-0.15, -0.1) is 0 Å². The highest BCUT2D eigenvalue weighted by atomic mass is 31.2. The number of hydrogen-bond donors (Lipinski definition) is 2. The molecular formula is C8H14F6NO4P. The van der Waals surface area contributed by atoms with Crippen LogP contribution in [0.15, 0.2) is 0 Å². The molecule has 0 spiro atoms. The van der Waals surface area contributed by atoms with Crippen molar-refractivity contribution in [3.8, 4) is 0 Å². The molecule has 1 saturated heterocycles. The average molecular weight is 333 g/mol. The predicted octanol–water partition coefficient (Wildman–Crippen LogP) is 2.61. The topological polar surface area (TPSA) is 67.8 Å². The van der Waals surface area contributed by atoms with E-state index in [9.17, 15) is 30.9 Å². The van der Waals surface area contributed by atoms with Crippen LogP contribution in [-0.2, 0) is 13.6 Å². The molecule has 0 bridgehead atoms. The number of halogens is 6. The molecule has 0 aromatic heterocycles. The second kappa shape index (κ2) is 8.18. The zero-order valence-corrected chi connectivity index (χ0v) is 11.0. The van der Waals surface area contributed by atoms with E-state index in [1.807, 2.05) is 0 Å². The van der Waals surface area contributed by atoms with E-state index in [4.69, 9.17) is 4.89 Å². The third-order valence-corrected chi connectivity index (χ3v) is 2.65. The van der Waals surface area contributed by atoms with Crippen molar-refractivity contribution in [2.75, 3.05) is 26.3 Å². The second-order valence-corrected chi connectivity index (χ2v) is 5.16. The smallest absolute Gasteiger partial charge is 0.317 e. The van der Waals surface area contributed by atoms with E-state index in [0.29, 0.717) is 0 Å². The molecule has 1 rings (SSSR count). The number of rotatable bonds is 4. The Morgan fingerprint density at radius 3 is 1.50 bits per heavy atom. The van der Waals surface area contributed by atoms with Crippen LogP contribution in [0.4, 0.5) is 26.3 Å². The van der Waals surface area contributed by atoms with Crippen molar-refractivity contribution in [2.45, 2.75) is 25.2 Å². The third-order valence-electron chi connectivity index (χ3n) is 1.74. The Labute approximate surface area is 110 Å². The first-order valence-electron chi connectivity index (χ1n) is 5.37. The van der Waals surface area contributed by atoms with Gasteiger partial charge in [0.1, 0.15) is 0 Å². The van der Waals surface area contributed by atoms with Crippen LogP contribution in [0, 0.1) is 0 Å². The van der Waals surface area contributed by atoms with E-state index in [-0.39, 0.29) is 0 Å². The SMILES string of the molecule is C1CCNC1.O=P(O)(OCC(F)(F)F)OCC(F)(F)F. The average Bonchev–Trinajstić information content (AvgIpc) is 2.81. The summed E-state index contributed by atoms with van der Waals surface area (Å²) in [7, 11) is -5.33. The van der Waals surface area contributed by atoms with Crippen LogP contribution in [0.2, 0.25) is 0 Å². The Bertz CT molecular complexity index is 287. The Morgan fingerprint density at radius 1 is 0.950 bits per heavy atom. The van der Waals surface area contributed by atoms with Gasteiger partial charge in [-0.2, -0.15) is 26.3 Å². The van der Waals surface area contributed by atoms with E-state index < -0.39 is 33.4 Å². The van der Waals surface area contributed by atoms with E-state index in [1.54, 1.807) is 0 Å². The molecule has 1 heterocycles. The van der Waals surface area contributed by atoms with Gasteiger partial charge in [-0.3, -0.25) is 9.05 Å². The molecule has 0 amide bonds. The molecule has 0 aromatic carbocycles. The molecular weight excluding hydrogens is 319 g/mol. The fraction of sp³-hybridized carbons (Fsp3) is 1.00. The minimum Gasteiger partial charge on any atom is -0.317 e. The molecule has 5 nitrogen and oxygen atoms in total. The summed E-state index contributed by atoms with van der Waals surface area (Å²) in [4.78, 5) is 8.35. The summed E-state index contributed by atoms with van der Waals surface area (Å²) < 4.78 is 85.5. The quantitative estimate of drug-likeness (QED) is 0.611. The van der Waals surface area contributed by atoms with Crippen molar-refractivity contribution in [1.82, 2.24) is 5.32 Å². The lowest BCUT2D eigenvalue weighted by atomic mass is 10.4. The van der Waals surface area contributed by atoms with E-state index in [2.05, 4.69) is 14.4 Å². The fourth-order valence-corrected chi connectivity index (χ4v) is 1.67. The summed E-state index contributed by atoms with van der Waals surface area (Å²) in [6.07, 6.45) is -7.08. The first kappa shape index (κ1) is 19.7. The largest absolute Gasteiger partial charge is 0.472 e. The van der Waals surface area contributed by atoms with Crippen LogP contribution in [-0.4, -0.2) is 43.5 Å². The molecule has 0 aliphatic carbocycles. The normalized spacial score (nSPS) is 16.8. The number of alkyl halides is 6. The standard InChI is InChI=1S/C4H5F6O4P.C4H9N/c5-3(6,7)1-13-15(11,12)14-2-4(8,9)10;1-2-4-5-3-1/h1-2H2,(H,11,12);5H,1-4H2. The maximum Gasteiger partial charge on any atom is 0.472 e. The van der Waals surface area contributed by atoms with Gasteiger partial charge in [0.15, 0.2) is 13.2 Å². The van der Waals surface area contributed by atoms with Crippen molar-refractivity contribution in [3.05, 3.63) is 0 Å². The Balaban J connectivity index is 0.000000595. The van der Waals surface area contributed by atoms with E-state index >= 15 is 0 Å². The van der Waals surface area contributed by atoms with Crippen LogP contribution in [0.1, 0.15) is 12.8 Å². The summed E-state index contributed by atoms with van der Waals surface area (Å²) in [6, 6.07) is 0. The maximum absolute atomic E-state index is 11.4. The molecule has 1 fully saturated rings. The fourth-order valence-electron chi connectivity index (χ4n) is 0.972. The summed E-state index contributed by atoms with van der Waals surface area (Å²) in [5, 5.41) is 3.22.